The number of para-hydroxylation sites is 1. The molecule has 4 aromatic rings. The van der Waals surface area contributed by atoms with E-state index in [1.165, 1.54) is 17.2 Å². The Bertz CT molecular complexity index is 1400. The second-order valence-corrected chi connectivity index (χ2v) is 7.28. The topological polar surface area (TPSA) is 103 Å². The second-order valence-electron chi connectivity index (χ2n) is 7.28. The van der Waals surface area contributed by atoms with Crippen molar-refractivity contribution in [3.05, 3.63) is 89.5 Å². The zero-order valence-electron chi connectivity index (χ0n) is 16.9. The molecule has 0 fully saturated rings. The number of hydrogen-bond donors (Lipinski definition) is 2. The third-order valence-corrected chi connectivity index (χ3v) is 5.29. The third kappa shape index (κ3) is 3.29. The number of carbonyl (C=O) groups is 2. The number of amides is 2. The summed E-state index contributed by atoms with van der Waals surface area (Å²) in [6, 6.07) is 14.9. The molecule has 3 heterocycles. The first-order valence-electron chi connectivity index (χ1n) is 9.82. The molecule has 0 bridgehead atoms. The molecular formula is C23H17FN6O2. The Morgan fingerprint density at radius 1 is 1.09 bits per heavy atom. The van der Waals surface area contributed by atoms with Crippen molar-refractivity contribution >= 4 is 34.2 Å². The number of rotatable bonds is 3. The fourth-order valence-corrected chi connectivity index (χ4v) is 3.65. The van der Waals surface area contributed by atoms with Gasteiger partial charge in [-0.15, -0.1) is 0 Å². The molecule has 2 aromatic carbocycles. The molecule has 1 unspecified atom stereocenters. The van der Waals surface area contributed by atoms with E-state index in [0.29, 0.717) is 22.3 Å². The van der Waals surface area contributed by atoms with Crippen LogP contribution in [0.2, 0.25) is 0 Å². The fraction of sp³-hybridized carbons (Fsp3) is 0.0870. The maximum Gasteiger partial charge on any atom is 0.272 e. The third-order valence-electron chi connectivity index (χ3n) is 5.29. The van der Waals surface area contributed by atoms with Crippen LogP contribution >= 0.6 is 0 Å². The smallest absolute Gasteiger partial charge is 0.272 e. The number of fused-ring (bicyclic) bond motifs is 2. The number of likely N-dealkylation sites (N-methyl/N-ethyl adjacent to an activating group) is 1. The summed E-state index contributed by atoms with van der Waals surface area (Å²) < 4.78 is 14.7. The summed E-state index contributed by atoms with van der Waals surface area (Å²) in [5.74, 6) is -1.46. The molecule has 5 rings (SSSR count). The highest BCUT2D eigenvalue weighted by Gasteiger charge is 2.31. The molecule has 32 heavy (non-hydrogen) atoms. The first-order valence-corrected chi connectivity index (χ1v) is 9.82. The molecule has 158 valence electrons. The number of aromatic amines is 1. The Labute approximate surface area is 181 Å². The van der Waals surface area contributed by atoms with Gasteiger partial charge in [-0.25, -0.2) is 14.4 Å². The Morgan fingerprint density at radius 3 is 2.66 bits per heavy atom. The largest absolute Gasteiger partial charge is 0.322 e. The van der Waals surface area contributed by atoms with Crippen LogP contribution in [0.1, 0.15) is 21.5 Å². The van der Waals surface area contributed by atoms with E-state index >= 15 is 0 Å². The minimum Gasteiger partial charge on any atom is -0.322 e. The lowest BCUT2D eigenvalue weighted by Crippen LogP contribution is -2.46. The van der Waals surface area contributed by atoms with Gasteiger partial charge in [0.05, 0.1) is 23.2 Å². The van der Waals surface area contributed by atoms with Gasteiger partial charge in [-0.1, -0.05) is 30.3 Å². The quantitative estimate of drug-likeness (QED) is 0.524. The van der Waals surface area contributed by atoms with Crippen molar-refractivity contribution in [2.45, 2.75) is 6.17 Å². The van der Waals surface area contributed by atoms with Gasteiger partial charge in [0, 0.05) is 29.8 Å². The predicted octanol–water partition coefficient (Wildman–Crippen LogP) is 2.67. The molecule has 1 aliphatic heterocycles. The lowest BCUT2D eigenvalue weighted by atomic mass is 10.00. The van der Waals surface area contributed by atoms with Crippen molar-refractivity contribution < 1.29 is 14.0 Å². The molecule has 2 aromatic heterocycles. The average molecular weight is 428 g/mol. The standard InChI is InChI=1S/C23H17FN6O2/c1-30-18-9-5-3-7-16(18)19(15-6-2-4-8-17(15)24)27-21(23(30)32)28-22(31)14-10-13-12-26-29-20(13)25-11-14/h2-12,21H,1H3,(H,28,31)(H,25,26,29). The van der Waals surface area contributed by atoms with Crippen LogP contribution in [0.3, 0.4) is 0 Å². The van der Waals surface area contributed by atoms with E-state index in [1.807, 2.05) is 0 Å². The van der Waals surface area contributed by atoms with Gasteiger partial charge in [-0.3, -0.25) is 14.7 Å². The predicted molar refractivity (Wildman–Crippen MR) is 117 cm³/mol. The molecular weight excluding hydrogens is 411 g/mol. The summed E-state index contributed by atoms with van der Waals surface area (Å²) in [5.41, 5.74) is 2.47. The van der Waals surface area contributed by atoms with Crippen LogP contribution in [0.15, 0.2) is 72.0 Å². The van der Waals surface area contributed by atoms with Crippen LogP contribution in [0, 0.1) is 5.82 Å². The van der Waals surface area contributed by atoms with Crippen molar-refractivity contribution in [2.75, 3.05) is 11.9 Å². The summed E-state index contributed by atoms with van der Waals surface area (Å²) in [6.07, 6.45) is 1.68. The molecule has 9 heteroatoms. The van der Waals surface area contributed by atoms with Crippen molar-refractivity contribution in [1.82, 2.24) is 20.5 Å². The molecule has 1 atom stereocenters. The van der Waals surface area contributed by atoms with Gasteiger partial charge < -0.3 is 10.2 Å². The lowest BCUT2D eigenvalue weighted by molar-refractivity contribution is -0.119. The van der Waals surface area contributed by atoms with Gasteiger partial charge in [0.25, 0.3) is 11.8 Å². The molecule has 0 spiro atoms. The number of nitrogens with zero attached hydrogens (tertiary/aromatic N) is 4. The number of benzodiazepines with no additional fused rings is 1. The van der Waals surface area contributed by atoms with E-state index in [0.717, 1.165) is 0 Å². The van der Waals surface area contributed by atoms with E-state index in [1.54, 1.807) is 61.8 Å². The van der Waals surface area contributed by atoms with Gasteiger partial charge >= 0.3 is 0 Å². The zero-order valence-corrected chi connectivity index (χ0v) is 16.9. The molecule has 0 aliphatic carbocycles. The highest BCUT2D eigenvalue weighted by molar-refractivity contribution is 6.20. The van der Waals surface area contributed by atoms with E-state index in [4.69, 9.17) is 0 Å². The number of halogens is 1. The summed E-state index contributed by atoms with van der Waals surface area (Å²) in [4.78, 5) is 36.2. The van der Waals surface area contributed by atoms with Crippen LogP contribution in [0.4, 0.5) is 10.1 Å². The maximum atomic E-state index is 14.7. The monoisotopic (exact) mass is 428 g/mol. The van der Waals surface area contributed by atoms with Crippen LogP contribution in [-0.2, 0) is 4.79 Å². The van der Waals surface area contributed by atoms with Gasteiger partial charge in [0.15, 0.2) is 5.65 Å². The molecule has 8 nitrogen and oxygen atoms in total. The summed E-state index contributed by atoms with van der Waals surface area (Å²) in [5, 5.41) is 9.92. The van der Waals surface area contributed by atoms with Gasteiger partial charge in [-0.2, -0.15) is 5.10 Å². The minimum absolute atomic E-state index is 0.240. The Kier molecular flexibility index (Phi) is 4.70. The number of aromatic nitrogens is 3. The normalized spacial score (nSPS) is 15.8. The number of benzene rings is 2. The van der Waals surface area contributed by atoms with Crippen molar-refractivity contribution in [3.8, 4) is 0 Å². The highest BCUT2D eigenvalue weighted by atomic mass is 19.1. The zero-order chi connectivity index (χ0) is 22.2. The number of hydrogen-bond acceptors (Lipinski definition) is 5. The summed E-state index contributed by atoms with van der Waals surface area (Å²) in [6.45, 7) is 0. The number of aliphatic imine (C=N–C) groups is 1. The van der Waals surface area contributed by atoms with Crippen molar-refractivity contribution in [1.29, 1.82) is 0 Å². The average Bonchev–Trinajstić information content (AvgIpc) is 3.26. The molecule has 0 saturated carbocycles. The van der Waals surface area contributed by atoms with Gasteiger partial charge in [0.1, 0.15) is 5.82 Å². The fourth-order valence-electron chi connectivity index (χ4n) is 3.65. The molecule has 1 aliphatic rings. The number of pyridine rings is 1. The first kappa shape index (κ1) is 19.6. The van der Waals surface area contributed by atoms with E-state index in [2.05, 4.69) is 25.5 Å². The molecule has 2 N–H and O–H groups in total. The van der Waals surface area contributed by atoms with Crippen LogP contribution in [0.5, 0.6) is 0 Å². The van der Waals surface area contributed by atoms with Crippen LogP contribution in [0.25, 0.3) is 11.0 Å². The first-order chi connectivity index (χ1) is 15.5. The molecule has 0 saturated heterocycles. The van der Waals surface area contributed by atoms with Crippen LogP contribution < -0.4 is 10.2 Å². The number of H-pyrrole nitrogens is 1. The molecule has 2 amide bonds. The van der Waals surface area contributed by atoms with E-state index < -0.39 is 23.8 Å². The summed E-state index contributed by atoms with van der Waals surface area (Å²) >= 11 is 0. The van der Waals surface area contributed by atoms with Crippen molar-refractivity contribution in [2.24, 2.45) is 4.99 Å². The van der Waals surface area contributed by atoms with Gasteiger partial charge in [-0.05, 0) is 24.3 Å². The molecule has 0 radical (unpaired) electrons. The summed E-state index contributed by atoms with van der Waals surface area (Å²) in [7, 11) is 1.60. The minimum atomic E-state index is -1.26. The number of anilines is 1. The SMILES string of the molecule is CN1C(=O)C(NC(=O)c2cnc3[nH]ncc3c2)N=C(c2ccccc2F)c2ccccc21. The number of carbonyl (C=O) groups excluding carboxylic acids is 2. The lowest BCUT2D eigenvalue weighted by Gasteiger charge is -2.20. The highest BCUT2D eigenvalue weighted by Crippen LogP contribution is 2.28. The van der Waals surface area contributed by atoms with Crippen molar-refractivity contribution in [3.63, 3.8) is 0 Å². The maximum absolute atomic E-state index is 14.7. The van der Waals surface area contributed by atoms with Gasteiger partial charge in [0.2, 0.25) is 6.17 Å². The second kappa shape index (κ2) is 7.69. The Morgan fingerprint density at radius 2 is 1.84 bits per heavy atom. The Balaban J connectivity index is 1.58. The number of nitrogens with one attached hydrogen (secondary N) is 2. The van der Waals surface area contributed by atoms with E-state index in [-0.39, 0.29) is 16.8 Å². The Hall–Kier alpha value is -4.40. The van der Waals surface area contributed by atoms with Crippen LogP contribution in [-0.4, -0.2) is 45.9 Å². The van der Waals surface area contributed by atoms with E-state index in [9.17, 15) is 14.0 Å².